The van der Waals surface area contributed by atoms with Gasteiger partial charge in [0.2, 0.25) is 0 Å². The molecule has 2 unspecified atom stereocenters. The first-order chi connectivity index (χ1) is 18.4. The van der Waals surface area contributed by atoms with E-state index in [2.05, 4.69) is 4.98 Å². The molecule has 4 rings (SSSR count). The summed E-state index contributed by atoms with van der Waals surface area (Å²) in [6.07, 6.45) is 3.23. The Hall–Kier alpha value is -3.55. The minimum atomic E-state index is -1.52. The molecule has 2 heterocycles. The fourth-order valence-electron chi connectivity index (χ4n) is 4.27. The lowest BCUT2D eigenvalue weighted by Crippen LogP contribution is -2.39. The van der Waals surface area contributed by atoms with Crippen molar-refractivity contribution in [2.45, 2.75) is 59.5 Å². The Bertz CT molecular complexity index is 1500. The number of nitrogens with zero attached hydrogens (tertiary/aromatic N) is 2. The molecule has 0 saturated heterocycles. The molecule has 0 aliphatic carbocycles. The van der Waals surface area contributed by atoms with E-state index in [9.17, 15) is 19.1 Å². The molecule has 0 bridgehead atoms. The first-order valence-corrected chi connectivity index (χ1v) is 13.3. The van der Waals surface area contributed by atoms with Crippen LogP contribution in [0.25, 0.3) is 28.0 Å². The number of carbonyl (C=O) groups is 2. The fraction of sp³-hybridized carbons (Fsp3) is 0.323. The van der Waals surface area contributed by atoms with Crippen LogP contribution in [0, 0.1) is 18.7 Å². The second-order valence-corrected chi connectivity index (χ2v) is 10.2. The summed E-state index contributed by atoms with van der Waals surface area (Å²) in [5.41, 5.74) is 2.97. The quantitative estimate of drug-likeness (QED) is 0.219. The Balaban J connectivity index is 0.000000298. The Morgan fingerprint density at radius 3 is 2.31 bits per heavy atom. The first kappa shape index (κ1) is 30.0. The van der Waals surface area contributed by atoms with E-state index in [1.165, 1.54) is 13.0 Å². The van der Waals surface area contributed by atoms with E-state index >= 15 is 0 Å². The Kier molecular flexibility index (Phi) is 9.64. The van der Waals surface area contributed by atoms with Crippen molar-refractivity contribution >= 4 is 29.0 Å². The number of carboxylic acids is 1. The molecule has 0 spiro atoms. The van der Waals surface area contributed by atoms with E-state index in [-0.39, 0.29) is 23.9 Å². The molecule has 0 radical (unpaired) electrons. The van der Waals surface area contributed by atoms with Gasteiger partial charge in [0.1, 0.15) is 22.3 Å². The van der Waals surface area contributed by atoms with Gasteiger partial charge in [0.05, 0.1) is 0 Å². The number of hydrogen-bond donors (Lipinski definition) is 2. The normalized spacial score (nSPS) is 13.3. The third-order valence-corrected chi connectivity index (χ3v) is 7.30. The van der Waals surface area contributed by atoms with Gasteiger partial charge in [-0.05, 0) is 61.9 Å². The second-order valence-electron chi connectivity index (χ2n) is 9.89. The van der Waals surface area contributed by atoms with Gasteiger partial charge in [-0.25, -0.2) is 14.2 Å². The number of pyridine rings is 1. The van der Waals surface area contributed by atoms with Crippen LogP contribution in [0.1, 0.15) is 62.9 Å². The molecule has 0 amide bonds. The average Bonchev–Trinajstić information content (AvgIpc) is 3.24. The van der Waals surface area contributed by atoms with E-state index < -0.39 is 11.6 Å². The van der Waals surface area contributed by atoms with E-state index in [1.807, 2.05) is 51.1 Å². The van der Waals surface area contributed by atoms with E-state index in [0.717, 1.165) is 17.5 Å². The number of fused-ring (bicyclic) bond motifs is 1. The van der Waals surface area contributed by atoms with E-state index in [1.54, 1.807) is 35.7 Å². The molecule has 206 valence electrons. The van der Waals surface area contributed by atoms with Crippen molar-refractivity contribution in [2.24, 2.45) is 5.92 Å². The van der Waals surface area contributed by atoms with E-state index in [4.69, 9.17) is 16.7 Å². The zero-order chi connectivity index (χ0) is 28.9. The average molecular weight is 553 g/mol. The van der Waals surface area contributed by atoms with Crippen LogP contribution in [0.3, 0.4) is 0 Å². The van der Waals surface area contributed by atoms with Crippen molar-refractivity contribution in [3.63, 3.8) is 0 Å². The predicted octanol–water partition coefficient (Wildman–Crippen LogP) is 7.62. The van der Waals surface area contributed by atoms with Crippen molar-refractivity contribution in [3.8, 4) is 22.4 Å². The SMILES string of the molecule is CC(=O)c1ccn2c(Cl)c(-c3ccccc3-c3ccc(C)cc3F)nc2c1.CCC(C)CC(O)(CC)C(=O)O. The van der Waals surface area contributed by atoms with Gasteiger partial charge in [-0.1, -0.05) is 75.2 Å². The lowest BCUT2D eigenvalue weighted by Gasteiger charge is -2.24. The number of aromatic nitrogens is 2. The number of aliphatic hydroxyl groups is 1. The summed E-state index contributed by atoms with van der Waals surface area (Å²) >= 11 is 6.57. The molecule has 4 aromatic rings. The zero-order valence-corrected chi connectivity index (χ0v) is 23.6. The number of ketones is 1. The lowest BCUT2D eigenvalue weighted by molar-refractivity contribution is -0.160. The van der Waals surface area contributed by atoms with Crippen molar-refractivity contribution in [1.82, 2.24) is 9.38 Å². The number of aryl methyl sites for hydroxylation is 1. The van der Waals surface area contributed by atoms with Crippen molar-refractivity contribution in [1.29, 1.82) is 0 Å². The van der Waals surface area contributed by atoms with Crippen molar-refractivity contribution < 1.29 is 24.2 Å². The monoisotopic (exact) mass is 552 g/mol. The van der Waals surface area contributed by atoms with Crippen LogP contribution in [0.4, 0.5) is 4.39 Å². The molecule has 2 N–H and O–H groups in total. The maximum atomic E-state index is 14.6. The highest BCUT2D eigenvalue weighted by atomic mass is 35.5. The van der Waals surface area contributed by atoms with Gasteiger partial charge in [0.25, 0.3) is 0 Å². The number of carbonyl (C=O) groups excluding carboxylic acids is 1. The van der Waals surface area contributed by atoms with Gasteiger partial charge in [-0.2, -0.15) is 0 Å². The van der Waals surface area contributed by atoms with Gasteiger partial charge in [-0.15, -0.1) is 0 Å². The van der Waals surface area contributed by atoms with Gasteiger partial charge in [0.15, 0.2) is 11.4 Å². The van der Waals surface area contributed by atoms with Crippen LogP contribution in [-0.4, -0.2) is 37.0 Å². The third-order valence-electron chi connectivity index (χ3n) is 6.94. The highest BCUT2D eigenvalue weighted by molar-refractivity contribution is 6.32. The molecular weight excluding hydrogens is 519 g/mol. The molecular formula is C31H34ClFN2O4. The van der Waals surface area contributed by atoms with Gasteiger partial charge in [-0.3, -0.25) is 9.20 Å². The molecule has 0 saturated carbocycles. The highest BCUT2D eigenvalue weighted by Crippen LogP contribution is 2.37. The standard InChI is InChI=1S/C22H16ClFN2O.C9H18O3/c1-13-7-8-17(19(24)11-13)16-5-3-4-6-18(16)21-22(23)26-10-9-15(14(2)27)12-20(26)25-21;1-4-7(3)6-9(12,5-2)8(10)11/h3-12H,1-2H3;7,12H,4-6H2,1-3H3,(H,10,11). The number of hydrogen-bond acceptors (Lipinski definition) is 4. The molecule has 2 atom stereocenters. The summed E-state index contributed by atoms with van der Waals surface area (Å²) in [4.78, 5) is 26.9. The number of Topliss-reactive ketones (excluding diaryl/α,β-unsaturated/α-hetero) is 1. The second kappa shape index (κ2) is 12.5. The summed E-state index contributed by atoms with van der Waals surface area (Å²) in [5, 5.41) is 18.7. The summed E-state index contributed by atoms with van der Waals surface area (Å²) in [5.74, 6) is -1.18. The highest BCUT2D eigenvalue weighted by Gasteiger charge is 2.34. The molecule has 0 aliphatic heterocycles. The summed E-state index contributed by atoms with van der Waals surface area (Å²) in [6.45, 7) is 8.99. The van der Waals surface area contributed by atoms with Crippen LogP contribution < -0.4 is 0 Å². The Morgan fingerprint density at radius 1 is 1.08 bits per heavy atom. The number of benzene rings is 2. The maximum absolute atomic E-state index is 14.6. The Morgan fingerprint density at radius 2 is 1.74 bits per heavy atom. The Labute approximate surface area is 233 Å². The minimum absolute atomic E-state index is 0.0414. The van der Waals surface area contributed by atoms with Crippen LogP contribution in [-0.2, 0) is 4.79 Å². The van der Waals surface area contributed by atoms with E-state index in [0.29, 0.717) is 39.6 Å². The lowest BCUT2D eigenvalue weighted by atomic mass is 9.88. The van der Waals surface area contributed by atoms with Crippen LogP contribution in [0.2, 0.25) is 5.15 Å². The molecule has 0 aliphatic rings. The number of imidazole rings is 1. The molecule has 2 aromatic heterocycles. The molecule has 6 nitrogen and oxygen atoms in total. The molecule has 0 fully saturated rings. The largest absolute Gasteiger partial charge is 0.479 e. The van der Waals surface area contributed by atoms with Gasteiger partial charge < -0.3 is 10.2 Å². The third kappa shape index (κ3) is 6.72. The number of carboxylic acid groups (broad SMARTS) is 1. The van der Waals surface area contributed by atoms with Gasteiger partial charge in [0, 0.05) is 22.9 Å². The van der Waals surface area contributed by atoms with Crippen LogP contribution in [0.5, 0.6) is 0 Å². The summed E-state index contributed by atoms with van der Waals surface area (Å²) < 4.78 is 16.3. The summed E-state index contributed by atoms with van der Waals surface area (Å²) in [6, 6.07) is 16.0. The maximum Gasteiger partial charge on any atom is 0.335 e. The molecule has 8 heteroatoms. The smallest absolute Gasteiger partial charge is 0.335 e. The summed E-state index contributed by atoms with van der Waals surface area (Å²) in [7, 11) is 0. The minimum Gasteiger partial charge on any atom is -0.479 e. The van der Waals surface area contributed by atoms with Crippen molar-refractivity contribution in [2.75, 3.05) is 0 Å². The fourth-order valence-corrected chi connectivity index (χ4v) is 4.56. The number of aliphatic carboxylic acids is 1. The van der Waals surface area contributed by atoms with Crippen LogP contribution >= 0.6 is 11.6 Å². The number of rotatable bonds is 8. The molecule has 2 aromatic carbocycles. The topological polar surface area (TPSA) is 91.9 Å². The van der Waals surface area contributed by atoms with Gasteiger partial charge >= 0.3 is 5.97 Å². The zero-order valence-electron chi connectivity index (χ0n) is 22.8. The predicted molar refractivity (Wildman–Crippen MR) is 153 cm³/mol. The van der Waals surface area contributed by atoms with Crippen molar-refractivity contribution in [3.05, 3.63) is 82.9 Å². The first-order valence-electron chi connectivity index (χ1n) is 12.9. The van der Waals surface area contributed by atoms with Crippen LogP contribution in [0.15, 0.2) is 60.8 Å². The number of halogens is 2. The molecule has 39 heavy (non-hydrogen) atoms.